The highest BCUT2D eigenvalue weighted by Crippen LogP contribution is 2.29. The molecular formula is C17H26N2O. The zero-order valence-corrected chi connectivity index (χ0v) is 12.2. The molecule has 0 amide bonds. The van der Waals surface area contributed by atoms with Crippen molar-refractivity contribution < 1.29 is 5.11 Å². The molecule has 1 aliphatic heterocycles. The molecule has 1 aromatic rings. The highest BCUT2D eigenvalue weighted by atomic mass is 16.3. The van der Waals surface area contributed by atoms with Gasteiger partial charge in [0.1, 0.15) is 0 Å². The molecule has 3 N–H and O–H groups in total. The third-order valence-electron chi connectivity index (χ3n) is 4.82. The highest BCUT2D eigenvalue weighted by Gasteiger charge is 2.30. The van der Waals surface area contributed by atoms with Crippen molar-refractivity contribution in [3.63, 3.8) is 0 Å². The monoisotopic (exact) mass is 274 g/mol. The van der Waals surface area contributed by atoms with Gasteiger partial charge in [-0.15, -0.1) is 0 Å². The summed E-state index contributed by atoms with van der Waals surface area (Å²) in [6, 6.07) is 9.03. The van der Waals surface area contributed by atoms with Crippen LogP contribution in [0, 0.1) is 0 Å². The average molecular weight is 274 g/mol. The summed E-state index contributed by atoms with van der Waals surface area (Å²) in [4.78, 5) is 0. The van der Waals surface area contributed by atoms with Crippen LogP contribution in [0.25, 0.3) is 0 Å². The predicted octanol–water partition coefficient (Wildman–Crippen LogP) is 2.51. The lowest BCUT2D eigenvalue weighted by molar-refractivity contribution is 0.00242. The predicted molar refractivity (Wildman–Crippen MR) is 81.5 cm³/mol. The van der Waals surface area contributed by atoms with Gasteiger partial charge in [-0.25, -0.2) is 0 Å². The molecule has 1 atom stereocenters. The van der Waals surface area contributed by atoms with Crippen molar-refractivity contribution in [2.45, 2.75) is 56.7 Å². The van der Waals surface area contributed by atoms with E-state index in [2.05, 4.69) is 34.9 Å². The third-order valence-corrected chi connectivity index (χ3v) is 4.82. The Morgan fingerprint density at radius 3 is 2.85 bits per heavy atom. The van der Waals surface area contributed by atoms with Crippen LogP contribution in [0.3, 0.4) is 0 Å². The fourth-order valence-electron chi connectivity index (χ4n) is 3.57. The molecule has 1 saturated carbocycles. The molecule has 0 aromatic heterocycles. The molecule has 2 aliphatic rings. The topological polar surface area (TPSA) is 44.3 Å². The molecule has 0 bridgehead atoms. The summed E-state index contributed by atoms with van der Waals surface area (Å²) in [7, 11) is 0. The SMILES string of the molecule is OC1(CNC2CCNCc3ccccc32)CCCCC1. The van der Waals surface area contributed by atoms with Crippen molar-refractivity contribution in [1.29, 1.82) is 0 Å². The Hall–Kier alpha value is -0.900. The fraction of sp³-hybridized carbons (Fsp3) is 0.647. The molecule has 1 aromatic carbocycles. The Kier molecular flexibility index (Phi) is 4.39. The molecule has 0 radical (unpaired) electrons. The van der Waals surface area contributed by atoms with Gasteiger partial charge < -0.3 is 15.7 Å². The normalized spacial score (nSPS) is 25.8. The first-order valence-electron chi connectivity index (χ1n) is 8.01. The fourth-order valence-corrected chi connectivity index (χ4v) is 3.57. The lowest BCUT2D eigenvalue weighted by atomic mass is 9.84. The lowest BCUT2D eigenvalue weighted by Gasteiger charge is -2.34. The van der Waals surface area contributed by atoms with E-state index in [1.54, 1.807) is 0 Å². The molecule has 0 saturated heterocycles. The standard InChI is InChI=1S/C17H26N2O/c20-17(9-4-1-5-10-17)13-19-16-8-11-18-12-14-6-2-3-7-15(14)16/h2-3,6-7,16,18-20H,1,4-5,8-13H2. The van der Waals surface area contributed by atoms with Crippen molar-refractivity contribution >= 4 is 0 Å². The van der Waals surface area contributed by atoms with E-state index in [1.165, 1.54) is 30.4 Å². The smallest absolute Gasteiger partial charge is 0.0771 e. The van der Waals surface area contributed by atoms with E-state index in [0.717, 1.165) is 38.9 Å². The molecule has 110 valence electrons. The maximum Gasteiger partial charge on any atom is 0.0771 e. The average Bonchev–Trinajstić information content (AvgIpc) is 2.68. The second-order valence-electron chi connectivity index (χ2n) is 6.38. The van der Waals surface area contributed by atoms with Gasteiger partial charge in [0.2, 0.25) is 0 Å². The highest BCUT2D eigenvalue weighted by molar-refractivity contribution is 5.31. The van der Waals surface area contributed by atoms with Crippen molar-refractivity contribution in [2.75, 3.05) is 13.1 Å². The van der Waals surface area contributed by atoms with Crippen LogP contribution in [-0.2, 0) is 6.54 Å². The van der Waals surface area contributed by atoms with E-state index >= 15 is 0 Å². The van der Waals surface area contributed by atoms with E-state index < -0.39 is 5.60 Å². The number of hydrogen-bond donors (Lipinski definition) is 3. The van der Waals surface area contributed by atoms with Gasteiger partial charge in [-0.1, -0.05) is 43.5 Å². The van der Waals surface area contributed by atoms with Crippen LogP contribution in [0.4, 0.5) is 0 Å². The molecular weight excluding hydrogens is 248 g/mol. The van der Waals surface area contributed by atoms with Crippen LogP contribution in [0.5, 0.6) is 0 Å². The van der Waals surface area contributed by atoms with Crippen LogP contribution in [0.2, 0.25) is 0 Å². The van der Waals surface area contributed by atoms with Gasteiger partial charge >= 0.3 is 0 Å². The molecule has 3 rings (SSSR count). The van der Waals surface area contributed by atoms with E-state index in [1.807, 2.05) is 0 Å². The van der Waals surface area contributed by atoms with Crippen molar-refractivity contribution in [3.8, 4) is 0 Å². The third kappa shape index (κ3) is 3.22. The molecule has 1 fully saturated rings. The molecule has 3 heteroatoms. The lowest BCUT2D eigenvalue weighted by Crippen LogP contribution is -2.43. The van der Waals surface area contributed by atoms with Crippen LogP contribution in [-0.4, -0.2) is 23.8 Å². The van der Waals surface area contributed by atoms with E-state index in [0.29, 0.717) is 6.04 Å². The molecule has 3 nitrogen and oxygen atoms in total. The second-order valence-corrected chi connectivity index (χ2v) is 6.38. The Bertz CT molecular complexity index is 440. The number of benzene rings is 1. The van der Waals surface area contributed by atoms with E-state index in [-0.39, 0.29) is 0 Å². The summed E-state index contributed by atoms with van der Waals surface area (Å²) in [5, 5.41) is 17.8. The second kappa shape index (κ2) is 6.25. The van der Waals surface area contributed by atoms with Gasteiger partial charge in [0.25, 0.3) is 0 Å². The molecule has 1 heterocycles. The maximum absolute atomic E-state index is 10.6. The van der Waals surface area contributed by atoms with Crippen LogP contribution >= 0.6 is 0 Å². The minimum absolute atomic E-state index is 0.368. The van der Waals surface area contributed by atoms with Crippen LogP contribution < -0.4 is 10.6 Å². The minimum atomic E-state index is -0.479. The molecule has 1 aliphatic carbocycles. The summed E-state index contributed by atoms with van der Waals surface area (Å²) in [5.41, 5.74) is 2.31. The summed E-state index contributed by atoms with van der Waals surface area (Å²) in [6.45, 7) is 2.72. The molecule has 0 spiro atoms. The maximum atomic E-state index is 10.6. The Morgan fingerprint density at radius 2 is 2.00 bits per heavy atom. The first kappa shape index (κ1) is 14.1. The number of hydrogen-bond acceptors (Lipinski definition) is 3. The summed E-state index contributed by atoms with van der Waals surface area (Å²) in [6.07, 6.45) is 6.60. The summed E-state index contributed by atoms with van der Waals surface area (Å²) < 4.78 is 0. The van der Waals surface area contributed by atoms with Gasteiger partial charge in [0.15, 0.2) is 0 Å². The number of nitrogens with one attached hydrogen (secondary N) is 2. The van der Waals surface area contributed by atoms with Crippen molar-refractivity contribution in [1.82, 2.24) is 10.6 Å². The Labute approximate surface area is 121 Å². The first-order valence-corrected chi connectivity index (χ1v) is 8.01. The number of aliphatic hydroxyl groups is 1. The number of rotatable bonds is 3. The van der Waals surface area contributed by atoms with E-state index in [9.17, 15) is 5.11 Å². The Balaban J connectivity index is 1.67. The summed E-state index contributed by atoms with van der Waals surface area (Å²) >= 11 is 0. The number of fused-ring (bicyclic) bond motifs is 1. The largest absolute Gasteiger partial charge is 0.389 e. The molecule has 20 heavy (non-hydrogen) atoms. The quantitative estimate of drug-likeness (QED) is 0.793. The minimum Gasteiger partial charge on any atom is -0.389 e. The van der Waals surface area contributed by atoms with Crippen molar-refractivity contribution in [3.05, 3.63) is 35.4 Å². The van der Waals surface area contributed by atoms with Gasteiger partial charge in [-0.2, -0.15) is 0 Å². The zero-order valence-electron chi connectivity index (χ0n) is 12.2. The molecule has 1 unspecified atom stereocenters. The van der Waals surface area contributed by atoms with Gasteiger partial charge in [0, 0.05) is 19.1 Å². The summed E-state index contributed by atoms with van der Waals surface area (Å²) in [5.74, 6) is 0. The van der Waals surface area contributed by atoms with Crippen molar-refractivity contribution in [2.24, 2.45) is 0 Å². The van der Waals surface area contributed by atoms with Crippen LogP contribution in [0.15, 0.2) is 24.3 Å². The van der Waals surface area contributed by atoms with Gasteiger partial charge in [0.05, 0.1) is 5.60 Å². The van der Waals surface area contributed by atoms with Gasteiger partial charge in [-0.3, -0.25) is 0 Å². The van der Waals surface area contributed by atoms with Crippen LogP contribution in [0.1, 0.15) is 55.7 Å². The van der Waals surface area contributed by atoms with Gasteiger partial charge in [-0.05, 0) is 36.9 Å². The van der Waals surface area contributed by atoms with E-state index in [4.69, 9.17) is 0 Å². The Morgan fingerprint density at radius 1 is 1.20 bits per heavy atom. The first-order chi connectivity index (χ1) is 9.77. The zero-order chi connectivity index (χ0) is 13.8.